The summed E-state index contributed by atoms with van der Waals surface area (Å²) in [6.45, 7) is 2.28. The van der Waals surface area contributed by atoms with Crippen LogP contribution in [0.3, 0.4) is 0 Å². The van der Waals surface area contributed by atoms with Crippen LogP contribution in [0.1, 0.15) is 39.0 Å². The second-order valence-electron chi connectivity index (χ2n) is 3.87. The molecule has 0 bridgehead atoms. The maximum atomic E-state index is 10.9. The maximum absolute atomic E-state index is 10.9. The van der Waals surface area contributed by atoms with E-state index in [-0.39, 0.29) is 11.6 Å². The number of hydrogen-bond donors (Lipinski definition) is 1. The average molecular weight is 185 g/mol. The van der Waals surface area contributed by atoms with E-state index in [1.54, 1.807) is 0 Å². The van der Waals surface area contributed by atoms with Gasteiger partial charge in [0, 0.05) is 13.5 Å². The highest BCUT2D eigenvalue weighted by atomic mass is 16.6. The maximum Gasteiger partial charge on any atom is 0.303 e. The van der Waals surface area contributed by atoms with E-state index < -0.39 is 0 Å². The summed E-state index contributed by atoms with van der Waals surface area (Å²) in [6, 6.07) is 0. The molecular weight excluding hydrogens is 166 g/mol. The van der Waals surface area contributed by atoms with Crippen LogP contribution in [0.2, 0.25) is 0 Å². The molecule has 1 rings (SSSR count). The minimum atomic E-state index is -0.209. The standard InChI is InChI=1S/C10H19NO2/c1-9(12)13-10(8-11-2)6-4-3-5-7-10/h11H,3-8H2,1-2H3. The lowest BCUT2D eigenvalue weighted by Gasteiger charge is -2.36. The molecule has 0 amide bonds. The molecule has 1 N–H and O–H groups in total. The van der Waals surface area contributed by atoms with Gasteiger partial charge in [0.1, 0.15) is 5.60 Å². The average Bonchev–Trinajstić information content (AvgIpc) is 2.04. The minimum Gasteiger partial charge on any atom is -0.458 e. The summed E-state index contributed by atoms with van der Waals surface area (Å²) in [6.07, 6.45) is 5.64. The summed E-state index contributed by atoms with van der Waals surface area (Å²) in [5, 5.41) is 3.11. The molecule has 0 heterocycles. The molecule has 0 saturated heterocycles. The zero-order valence-corrected chi connectivity index (χ0v) is 8.56. The molecule has 0 spiro atoms. The Hall–Kier alpha value is -0.570. The van der Waals surface area contributed by atoms with Crippen LogP contribution in [0.4, 0.5) is 0 Å². The predicted octanol–water partition coefficient (Wildman–Crippen LogP) is 1.47. The Morgan fingerprint density at radius 2 is 2.00 bits per heavy atom. The van der Waals surface area contributed by atoms with E-state index in [9.17, 15) is 4.79 Å². The van der Waals surface area contributed by atoms with E-state index in [2.05, 4.69) is 5.32 Å². The number of likely N-dealkylation sites (N-methyl/N-ethyl adjacent to an activating group) is 1. The predicted molar refractivity (Wildman–Crippen MR) is 51.5 cm³/mol. The molecule has 3 heteroatoms. The van der Waals surface area contributed by atoms with Crippen LogP contribution in [0.25, 0.3) is 0 Å². The molecule has 0 radical (unpaired) electrons. The summed E-state index contributed by atoms with van der Waals surface area (Å²) in [7, 11) is 1.90. The first kappa shape index (κ1) is 10.5. The van der Waals surface area contributed by atoms with Gasteiger partial charge in [-0.15, -0.1) is 0 Å². The molecule has 0 unspecified atom stereocenters. The van der Waals surface area contributed by atoms with E-state index in [1.807, 2.05) is 7.05 Å². The van der Waals surface area contributed by atoms with Crippen molar-refractivity contribution in [2.75, 3.05) is 13.6 Å². The monoisotopic (exact) mass is 185 g/mol. The normalized spacial score (nSPS) is 21.1. The lowest BCUT2D eigenvalue weighted by atomic mass is 9.84. The first-order chi connectivity index (χ1) is 6.18. The van der Waals surface area contributed by atoms with Gasteiger partial charge >= 0.3 is 5.97 Å². The first-order valence-corrected chi connectivity index (χ1v) is 5.03. The fourth-order valence-corrected chi connectivity index (χ4v) is 2.14. The van der Waals surface area contributed by atoms with Crippen molar-refractivity contribution in [1.82, 2.24) is 5.32 Å². The lowest BCUT2D eigenvalue weighted by Crippen LogP contribution is -2.44. The third-order valence-corrected chi connectivity index (χ3v) is 2.62. The molecule has 0 aromatic rings. The highest BCUT2D eigenvalue weighted by Crippen LogP contribution is 2.31. The molecule has 1 saturated carbocycles. The molecule has 13 heavy (non-hydrogen) atoms. The van der Waals surface area contributed by atoms with E-state index in [0.717, 1.165) is 19.4 Å². The lowest BCUT2D eigenvalue weighted by molar-refractivity contribution is -0.159. The van der Waals surface area contributed by atoms with Crippen molar-refractivity contribution in [3.8, 4) is 0 Å². The second-order valence-corrected chi connectivity index (χ2v) is 3.87. The molecule has 0 aromatic heterocycles. The molecule has 0 aliphatic heterocycles. The zero-order valence-electron chi connectivity index (χ0n) is 8.56. The van der Waals surface area contributed by atoms with E-state index >= 15 is 0 Å². The SMILES string of the molecule is CNCC1(OC(C)=O)CCCCC1. The molecule has 76 valence electrons. The highest BCUT2D eigenvalue weighted by Gasteiger charge is 2.34. The molecule has 1 aliphatic rings. The zero-order chi connectivity index (χ0) is 9.73. The number of rotatable bonds is 3. The fraction of sp³-hybridized carbons (Fsp3) is 0.900. The summed E-state index contributed by atoms with van der Waals surface area (Å²) in [5.41, 5.74) is -0.209. The summed E-state index contributed by atoms with van der Waals surface area (Å²) in [5.74, 6) is -0.155. The van der Waals surface area contributed by atoms with Gasteiger partial charge in [-0.25, -0.2) is 0 Å². The summed E-state index contributed by atoms with van der Waals surface area (Å²) in [4.78, 5) is 10.9. The van der Waals surface area contributed by atoms with Gasteiger partial charge in [0.25, 0.3) is 0 Å². The molecular formula is C10H19NO2. The number of esters is 1. The Kier molecular flexibility index (Phi) is 3.72. The number of ether oxygens (including phenoxy) is 1. The number of hydrogen-bond acceptors (Lipinski definition) is 3. The Morgan fingerprint density at radius 1 is 1.38 bits per heavy atom. The summed E-state index contributed by atoms with van der Waals surface area (Å²) < 4.78 is 5.42. The van der Waals surface area contributed by atoms with Crippen molar-refractivity contribution >= 4 is 5.97 Å². The quantitative estimate of drug-likeness (QED) is 0.677. The van der Waals surface area contributed by atoms with E-state index in [0.29, 0.717) is 0 Å². The fourth-order valence-electron chi connectivity index (χ4n) is 2.14. The summed E-state index contributed by atoms with van der Waals surface area (Å²) >= 11 is 0. The Balaban J connectivity index is 2.55. The van der Waals surface area contributed by atoms with Gasteiger partial charge in [-0.1, -0.05) is 6.42 Å². The van der Waals surface area contributed by atoms with Crippen LogP contribution in [-0.4, -0.2) is 25.2 Å². The number of nitrogens with one attached hydrogen (secondary N) is 1. The molecule has 0 aromatic carbocycles. The molecule has 0 atom stereocenters. The van der Waals surface area contributed by atoms with Gasteiger partial charge in [-0.2, -0.15) is 0 Å². The van der Waals surface area contributed by atoms with E-state index in [1.165, 1.54) is 26.2 Å². The van der Waals surface area contributed by atoms with Gasteiger partial charge in [0.05, 0.1) is 0 Å². The van der Waals surface area contributed by atoms with Crippen LogP contribution < -0.4 is 5.32 Å². The number of carbonyl (C=O) groups is 1. The smallest absolute Gasteiger partial charge is 0.303 e. The molecule has 3 nitrogen and oxygen atoms in total. The van der Waals surface area contributed by atoms with Crippen molar-refractivity contribution in [2.24, 2.45) is 0 Å². The van der Waals surface area contributed by atoms with Crippen LogP contribution >= 0.6 is 0 Å². The van der Waals surface area contributed by atoms with Gasteiger partial charge in [-0.05, 0) is 32.7 Å². The second kappa shape index (κ2) is 4.61. The topological polar surface area (TPSA) is 38.3 Å². The highest BCUT2D eigenvalue weighted by molar-refractivity contribution is 5.66. The Labute approximate surface area is 79.8 Å². The van der Waals surface area contributed by atoms with E-state index in [4.69, 9.17) is 4.74 Å². The van der Waals surface area contributed by atoms with Crippen LogP contribution in [-0.2, 0) is 9.53 Å². The third kappa shape index (κ3) is 2.99. The van der Waals surface area contributed by atoms with Gasteiger partial charge in [0.15, 0.2) is 0 Å². The van der Waals surface area contributed by atoms with Crippen LogP contribution in [0, 0.1) is 0 Å². The largest absolute Gasteiger partial charge is 0.458 e. The van der Waals surface area contributed by atoms with Crippen molar-refractivity contribution in [2.45, 2.75) is 44.6 Å². The molecule has 1 fully saturated rings. The van der Waals surface area contributed by atoms with Gasteiger partial charge in [0.2, 0.25) is 0 Å². The molecule has 1 aliphatic carbocycles. The van der Waals surface area contributed by atoms with Crippen molar-refractivity contribution in [3.63, 3.8) is 0 Å². The Bertz CT molecular complexity index is 168. The first-order valence-electron chi connectivity index (χ1n) is 5.03. The Morgan fingerprint density at radius 3 is 2.46 bits per heavy atom. The third-order valence-electron chi connectivity index (χ3n) is 2.62. The van der Waals surface area contributed by atoms with Gasteiger partial charge < -0.3 is 10.1 Å². The van der Waals surface area contributed by atoms with Crippen molar-refractivity contribution in [3.05, 3.63) is 0 Å². The van der Waals surface area contributed by atoms with Crippen LogP contribution in [0.15, 0.2) is 0 Å². The van der Waals surface area contributed by atoms with Gasteiger partial charge in [-0.3, -0.25) is 4.79 Å². The van der Waals surface area contributed by atoms with Crippen molar-refractivity contribution < 1.29 is 9.53 Å². The van der Waals surface area contributed by atoms with Crippen LogP contribution in [0.5, 0.6) is 0 Å². The number of carbonyl (C=O) groups excluding carboxylic acids is 1. The van der Waals surface area contributed by atoms with Crippen molar-refractivity contribution in [1.29, 1.82) is 0 Å². The minimum absolute atomic E-state index is 0.155.